The molecule has 1 aliphatic rings. The molecule has 0 spiro atoms. The molecule has 2 atom stereocenters. The molecule has 15 heteroatoms. The van der Waals surface area contributed by atoms with Gasteiger partial charge in [0.15, 0.2) is 9.84 Å². The molecule has 42 heavy (non-hydrogen) atoms. The van der Waals surface area contributed by atoms with Gasteiger partial charge in [0.05, 0.1) is 11.5 Å². The number of ether oxygens (including phenoxy) is 2. The summed E-state index contributed by atoms with van der Waals surface area (Å²) in [5.74, 6) is -4.16. The Hall–Kier alpha value is -3.56. The van der Waals surface area contributed by atoms with Crippen LogP contribution in [-0.4, -0.2) is 93.8 Å². The minimum absolute atomic E-state index is 0.123. The molecule has 0 bridgehead atoms. The van der Waals surface area contributed by atoms with E-state index in [1.807, 2.05) is 0 Å². The van der Waals surface area contributed by atoms with E-state index >= 15 is 0 Å². The molecular formula is C27H34FN3O9S2. The second-order valence-corrected chi connectivity index (χ2v) is 15.0. The molecule has 230 valence electrons. The molecule has 0 unspecified atom stereocenters. The average Bonchev–Trinajstić information content (AvgIpc) is 2.87. The average molecular weight is 628 g/mol. The molecule has 12 nitrogen and oxygen atoms in total. The standard InChI is InChI=1S/C27H34FN3O9S2/c1-27(2,3)40-25(33)21(16-18-10-12-19(13-11-18)39-26(34)30(4)5)29-24(32)22-17-41(35,36)15-14-31(22)42(37,38)23-9-7-6-8-20(23)28/h6-13,21-22H,14-17H2,1-5H3,(H,29,32)/t21-,22-/m0/s1. The summed E-state index contributed by atoms with van der Waals surface area (Å²) in [5, 5.41) is 2.46. The Kier molecular flexibility index (Phi) is 10.0. The molecule has 2 aromatic rings. The van der Waals surface area contributed by atoms with E-state index in [0.29, 0.717) is 9.87 Å². The van der Waals surface area contributed by atoms with Gasteiger partial charge in [0.2, 0.25) is 15.9 Å². The van der Waals surface area contributed by atoms with Gasteiger partial charge in [-0.1, -0.05) is 24.3 Å². The number of carbonyl (C=O) groups excluding carboxylic acids is 3. The number of hydrogen-bond acceptors (Lipinski definition) is 9. The molecule has 1 saturated heterocycles. The number of nitrogens with zero attached hydrogens (tertiary/aromatic N) is 2. The number of sulfonamides is 1. The van der Waals surface area contributed by atoms with E-state index in [4.69, 9.17) is 9.47 Å². The molecule has 1 aliphatic heterocycles. The van der Waals surface area contributed by atoms with Crippen molar-refractivity contribution in [2.45, 2.75) is 49.8 Å². The highest BCUT2D eigenvalue weighted by atomic mass is 32.2. The van der Waals surface area contributed by atoms with Crippen molar-refractivity contribution in [1.29, 1.82) is 0 Å². The topological polar surface area (TPSA) is 156 Å². The lowest BCUT2D eigenvalue weighted by molar-refractivity contribution is -0.158. The number of esters is 1. The van der Waals surface area contributed by atoms with Crippen LogP contribution in [0.2, 0.25) is 0 Å². The van der Waals surface area contributed by atoms with Crippen molar-refractivity contribution in [2.75, 3.05) is 32.1 Å². The maximum atomic E-state index is 14.5. The van der Waals surface area contributed by atoms with E-state index in [0.717, 1.165) is 12.1 Å². The molecule has 2 amide bonds. The van der Waals surface area contributed by atoms with Gasteiger partial charge < -0.3 is 19.7 Å². The van der Waals surface area contributed by atoms with Crippen LogP contribution in [0.15, 0.2) is 53.4 Å². The van der Waals surface area contributed by atoms with Crippen molar-refractivity contribution >= 4 is 37.8 Å². The van der Waals surface area contributed by atoms with Crippen LogP contribution < -0.4 is 10.1 Å². The lowest BCUT2D eigenvalue weighted by Gasteiger charge is -2.34. The van der Waals surface area contributed by atoms with Gasteiger partial charge in [-0.05, 0) is 50.6 Å². The maximum Gasteiger partial charge on any atom is 0.414 e. The number of rotatable bonds is 8. The lowest BCUT2D eigenvalue weighted by atomic mass is 10.0. The first kappa shape index (κ1) is 32.9. The number of sulfone groups is 1. The smallest absolute Gasteiger partial charge is 0.414 e. The molecule has 0 radical (unpaired) electrons. The third-order valence-corrected chi connectivity index (χ3v) is 9.62. The number of amides is 2. The molecular weight excluding hydrogens is 593 g/mol. The Morgan fingerprint density at radius 1 is 1.10 bits per heavy atom. The number of carbonyl (C=O) groups is 3. The molecule has 3 rings (SSSR count). The summed E-state index contributed by atoms with van der Waals surface area (Å²) < 4.78 is 77.4. The Bertz CT molecular complexity index is 1540. The van der Waals surface area contributed by atoms with Gasteiger partial charge in [0, 0.05) is 27.1 Å². The van der Waals surface area contributed by atoms with Crippen molar-refractivity contribution in [2.24, 2.45) is 0 Å². The van der Waals surface area contributed by atoms with Gasteiger partial charge in [0.1, 0.15) is 34.1 Å². The fourth-order valence-corrected chi connectivity index (χ4v) is 7.34. The Labute approximate surface area is 244 Å². The van der Waals surface area contributed by atoms with Crippen LogP contribution in [0.25, 0.3) is 0 Å². The Morgan fingerprint density at radius 2 is 1.71 bits per heavy atom. The number of benzene rings is 2. The summed E-state index contributed by atoms with van der Waals surface area (Å²) in [5.41, 5.74) is -0.429. The number of nitrogens with one attached hydrogen (secondary N) is 1. The van der Waals surface area contributed by atoms with Crippen molar-refractivity contribution in [3.8, 4) is 5.75 Å². The largest absolute Gasteiger partial charge is 0.458 e. The van der Waals surface area contributed by atoms with E-state index < -0.39 is 84.3 Å². The van der Waals surface area contributed by atoms with E-state index in [1.54, 1.807) is 32.9 Å². The molecule has 0 aromatic heterocycles. The Balaban J connectivity index is 1.91. The van der Waals surface area contributed by atoms with Crippen molar-refractivity contribution < 1.29 is 45.1 Å². The summed E-state index contributed by atoms with van der Waals surface area (Å²) in [6.45, 7) is 4.28. The van der Waals surface area contributed by atoms with Gasteiger partial charge in [-0.15, -0.1) is 0 Å². The number of halogens is 1. The third-order valence-electron chi connectivity index (χ3n) is 6.05. The van der Waals surface area contributed by atoms with E-state index in [9.17, 15) is 35.6 Å². The van der Waals surface area contributed by atoms with Gasteiger partial charge >= 0.3 is 12.1 Å². The first-order valence-electron chi connectivity index (χ1n) is 12.9. The molecule has 2 aromatic carbocycles. The minimum Gasteiger partial charge on any atom is -0.458 e. The normalized spacial score (nSPS) is 18.0. The molecule has 1 heterocycles. The second kappa shape index (κ2) is 12.8. The molecule has 1 fully saturated rings. The highest BCUT2D eigenvalue weighted by Crippen LogP contribution is 2.25. The molecule has 0 aliphatic carbocycles. The first-order valence-corrected chi connectivity index (χ1v) is 16.1. The summed E-state index contributed by atoms with van der Waals surface area (Å²) >= 11 is 0. The van der Waals surface area contributed by atoms with Crippen LogP contribution in [-0.2, 0) is 40.6 Å². The monoisotopic (exact) mass is 627 g/mol. The van der Waals surface area contributed by atoms with Crippen LogP contribution >= 0.6 is 0 Å². The van der Waals surface area contributed by atoms with Crippen LogP contribution in [0.4, 0.5) is 9.18 Å². The summed E-state index contributed by atoms with van der Waals surface area (Å²) in [6.07, 6.45) is -0.721. The van der Waals surface area contributed by atoms with Gasteiger partial charge in [0.25, 0.3) is 0 Å². The molecule has 1 N–H and O–H groups in total. The fourth-order valence-electron chi connectivity index (χ4n) is 4.02. The zero-order valence-corrected chi connectivity index (χ0v) is 25.5. The van der Waals surface area contributed by atoms with Crippen molar-refractivity contribution in [1.82, 2.24) is 14.5 Å². The van der Waals surface area contributed by atoms with Crippen LogP contribution in [0.3, 0.4) is 0 Å². The minimum atomic E-state index is -4.63. The summed E-state index contributed by atoms with van der Waals surface area (Å²) in [6, 6.07) is 7.52. The quantitative estimate of drug-likeness (QED) is 0.431. The van der Waals surface area contributed by atoms with E-state index in [-0.39, 0.29) is 12.2 Å². The highest BCUT2D eigenvalue weighted by Gasteiger charge is 2.44. The SMILES string of the molecule is CN(C)C(=O)Oc1ccc(C[C@H](NC(=O)[C@@H]2CS(=O)(=O)CCN2S(=O)(=O)c2ccccc2F)C(=O)OC(C)(C)C)cc1. The van der Waals surface area contributed by atoms with Gasteiger partial charge in [-0.3, -0.25) is 4.79 Å². The highest BCUT2D eigenvalue weighted by molar-refractivity contribution is 7.92. The third kappa shape index (κ3) is 8.49. The predicted molar refractivity (Wildman–Crippen MR) is 150 cm³/mol. The van der Waals surface area contributed by atoms with Crippen LogP contribution in [0, 0.1) is 5.82 Å². The zero-order chi connectivity index (χ0) is 31.5. The second-order valence-electron chi connectivity index (χ2n) is 10.9. The zero-order valence-electron chi connectivity index (χ0n) is 23.9. The predicted octanol–water partition coefficient (Wildman–Crippen LogP) is 1.74. The van der Waals surface area contributed by atoms with E-state index in [1.165, 1.54) is 43.3 Å². The Morgan fingerprint density at radius 3 is 2.29 bits per heavy atom. The van der Waals surface area contributed by atoms with E-state index in [2.05, 4.69) is 5.32 Å². The van der Waals surface area contributed by atoms with Gasteiger partial charge in [-0.2, -0.15) is 4.31 Å². The van der Waals surface area contributed by atoms with Crippen molar-refractivity contribution in [3.63, 3.8) is 0 Å². The summed E-state index contributed by atoms with van der Waals surface area (Å²) in [7, 11) is -5.44. The first-order chi connectivity index (χ1) is 19.4. The molecule has 0 saturated carbocycles. The fraction of sp³-hybridized carbons (Fsp3) is 0.444. The van der Waals surface area contributed by atoms with Crippen molar-refractivity contribution in [3.05, 3.63) is 59.9 Å². The van der Waals surface area contributed by atoms with Crippen LogP contribution in [0.1, 0.15) is 26.3 Å². The van der Waals surface area contributed by atoms with Crippen LogP contribution in [0.5, 0.6) is 5.75 Å². The lowest BCUT2D eigenvalue weighted by Crippen LogP contribution is -2.60. The number of hydrogen-bond donors (Lipinski definition) is 1. The maximum absolute atomic E-state index is 14.5. The van der Waals surface area contributed by atoms with Gasteiger partial charge in [-0.25, -0.2) is 30.8 Å². The summed E-state index contributed by atoms with van der Waals surface area (Å²) in [4.78, 5) is 39.0.